The number of aromatic carboxylic acids is 1. The molecule has 1 aromatic carbocycles. The van der Waals surface area contributed by atoms with Gasteiger partial charge in [-0.05, 0) is 53.7 Å². The number of carboxylic acids is 1. The fourth-order valence-electron chi connectivity index (χ4n) is 2.71. The Morgan fingerprint density at radius 3 is 2.94 bits per heavy atom. The van der Waals surface area contributed by atoms with E-state index < -0.39 is 5.97 Å². The zero-order valence-corrected chi connectivity index (χ0v) is 12.1. The summed E-state index contributed by atoms with van der Waals surface area (Å²) in [5, 5.41) is 9.38. The normalized spacial score (nSPS) is 19.9. The van der Waals surface area contributed by atoms with E-state index in [0.29, 0.717) is 16.1 Å². The lowest BCUT2D eigenvalue weighted by molar-refractivity contribution is 0.0696. The van der Waals surface area contributed by atoms with Gasteiger partial charge in [-0.15, -0.1) is 0 Å². The molecule has 18 heavy (non-hydrogen) atoms. The Balaban J connectivity index is 2.42. The van der Waals surface area contributed by atoms with Gasteiger partial charge in [0.05, 0.1) is 11.3 Å². The first kappa shape index (κ1) is 13.4. The van der Waals surface area contributed by atoms with Crippen molar-refractivity contribution in [3.63, 3.8) is 0 Å². The highest BCUT2D eigenvalue weighted by atomic mass is 79.9. The Morgan fingerprint density at radius 1 is 1.50 bits per heavy atom. The third-order valence-corrected chi connectivity index (χ3v) is 4.27. The number of hydrogen-bond donors (Lipinski definition) is 1. The molecule has 1 N–H and O–H groups in total. The number of carbonyl (C=O) groups is 1. The van der Waals surface area contributed by atoms with Gasteiger partial charge in [-0.25, -0.2) is 4.79 Å². The molecule has 1 heterocycles. The van der Waals surface area contributed by atoms with Gasteiger partial charge in [0.1, 0.15) is 0 Å². The minimum atomic E-state index is -0.863. The molecule has 0 bridgehead atoms. The Kier molecular flexibility index (Phi) is 4.27. The van der Waals surface area contributed by atoms with Crippen molar-refractivity contribution in [3.8, 4) is 0 Å². The molecule has 2 rings (SSSR count). The van der Waals surface area contributed by atoms with Crippen molar-refractivity contribution in [1.82, 2.24) is 0 Å². The highest BCUT2D eigenvalue weighted by Gasteiger charge is 2.25. The summed E-state index contributed by atoms with van der Waals surface area (Å²) in [6.45, 7) is 3.12. The average molecular weight is 312 g/mol. The number of nitrogens with zero attached hydrogens (tertiary/aromatic N) is 1. The van der Waals surface area contributed by atoms with Crippen molar-refractivity contribution in [2.24, 2.45) is 0 Å². The van der Waals surface area contributed by atoms with Crippen molar-refractivity contribution in [2.45, 2.75) is 38.6 Å². The van der Waals surface area contributed by atoms with Crippen LogP contribution in [0.15, 0.2) is 22.7 Å². The summed E-state index contributed by atoms with van der Waals surface area (Å²) in [6, 6.07) is 6.08. The van der Waals surface area contributed by atoms with Crippen LogP contribution in [-0.4, -0.2) is 23.7 Å². The summed E-state index contributed by atoms with van der Waals surface area (Å²) in [5.74, 6) is -0.863. The summed E-state index contributed by atoms with van der Waals surface area (Å²) < 4.78 is 0.660. The van der Waals surface area contributed by atoms with Crippen LogP contribution in [-0.2, 0) is 0 Å². The van der Waals surface area contributed by atoms with Crippen molar-refractivity contribution < 1.29 is 9.90 Å². The molecule has 1 atom stereocenters. The molecule has 1 unspecified atom stereocenters. The summed E-state index contributed by atoms with van der Waals surface area (Å²) in [6.07, 6.45) is 4.60. The first-order chi connectivity index (χ1) is 8.65. The molecular formula is C14H18BrNO2. The van der Waals surface area contributed by atoms with Crippen LogP contribution in [0, 0.1) is 0 Å². The van der Waals surface area contributed by atoms with Gasteiger partial charge in [-0.2, -0.15) is 0 Å². The highest BCUT2D eigenvalue weighted by Crippen LogP contribution is 2.33. The second-order valence-electron chi connectivity index (χ2n) is 4.69. The summed E-state index contributed by atoms with van der Waals surface area (Å²) >= 11 is 3.35. The number of halogens is 1. The minimum absolute atomic E-state index is 0.387. The topological polar surface area (TPSA) is 40.5 Å². The van der Waals surface area contributed by atoms with Gasteiger partial charge in [0.15, 0.2) is 0 Å². The predicted molar refractivity (Wildman–Crippen MR) is 76.4 cm³/mol. The van der Waals surface area contributed by atoms with Crippen molar-refractivity contribution >= 4 is 27.6 Å². The molecule has 3 nitrogen and oxygen atoms in total. The average Bonchev–Trinajstić information content (AvgIpc) is 2.38. The van der Waals surface area contributed by atoms with Gasteiger partial charge in [-0.1, -0.05) is 13.0 Å². The first-order valence-corrected chi connectivity index (χ1v) is 7.23. The van der Waals surface area contributed by atoms with Gasteiger partial charge in [0.25, 0.3) is 0 Å². The number of hydrogen-bond acceptors (Lipinski definition) is 2. The minimum Gasteiger partial charge on any atom is -0.478 e. The SMILES string of the molecule is CCC1CCCCN1c1cccc(Br)c1C(=O)O. The van der Waals surface area contributed by atoms with Crippen LogP contribution < -0.4 is 4.90 Å². The largest absolute Gasteiger partial charge is 0.478 e. The van der Waals surface area contributed by atoms with Gasteiger partial charge < -0.3 is 10.0 Å². The molecule has 1 saturated heterocycles. The van der Waals surface area contributed by atoms with E-state index in [0.717, 1.165) is 31.5 Å². The Morgan fingerprint density at radius 2 is 2.28 bits per heavy atom. The molecule has 0 amide bonds. The summed E-state index contributed by atoms with van der Waals surface area (Å²) in [5.41, 5.74) is 1.24. The molecule has 1 fully saturated rings. The van der Waals surface area contributed by atoms with Crippen molar-refractivity contribution in [1.29, 1.82) is 0 Å². The third kappa shape index (κ3) is 2.53. The molecule has 1 aliphatic heterocycles. The predicted octanol–water partition coefficient (Wildman–Crippen LogP) is 3.92. The maximum atomic E-state index is 11.4. The molecule has 98 valence electrons. The maximum absolute atomic E-state index is 11.4. The zero-order valence-electron chi connectivity index (χ0n) is 10.5. The fourth-order valence-corrected chi connectivity index (χ4v) is 3.23. The maximum Gasteiger partial charge on any atom is 0.338 e. The van der Waals surface area contributed by atoms with E-state index in [9.17, 15) is 9.90 Å². The fraction of sp³-hybridized carbons (Fsp3) is 0.500. The lowest BCUT2D eigenvalue weighted by Crippen LogP contribution is -2.40. The first-order valence-electron chi connectivity index (χ1n) is 6.43. The number of benzene rings is 1. The van der Waals surface area contributed by atoms with Crippen LogP contribution >= 0.6 is 15.9 Å². The second kappa shape index (κ2) is 5.74. The van der Waals surface area contributed by atoms with E-state index in [-0.39, 0.29) is 0 Å². The number of anilines is 1. The summed E-state index contributed by atoms with van der Waals surface area (Å²) in [7, 11) is 0. The molecule has 0 saturated carbocycles. The quantitative estimate of drug-likeness (QED) is 0.920. The van der Waals surface area contributed by atoms with E-state index in [1.165, 1.54) is 6.42 Å². The molecule has 0 spiro atoms. The Hall–Kier alpha value is -1.03. The van der Waals surface area contributed by atoms with Gasteiger partial charge in [-0.3, -0.25) is 0 Å². The van der Waals surface area contributed by atoms with E-state index >= 15 is 0 Å². The van der Waals surface area contributed by atoms with E-state index in [1.807, 2.05) is 12.1 Å². The van der Waals surface area contributed by atoms with Crippen LogP contribution in [0.1, 0.15) is 43.0 Å². The third-order valence-electron chi connectivity index (χ3n) is 3.61. The van der Waals surface area contributed by atoms with Crippen LogP contribution in [0.4, 0.5) is 5.69 Å². The van der Waals surface area contributed by atoms with E-state index in [2.05, 4.69) is 27.8 Å². The molecule has 1 aromatic rings. The van der Waals surface area contributed by atoms with Gasteiger partial charge in [0, 0.05) is 17.1 Å². The molecule has 1 aliphatic rings. The monoisotopic (exact) mass is 311 g/mol. The van der Waals surface area contributed by atoms with Gasteiger partial charge in [0.2, 0.25) is 0 Å². The molecule has 0 aliphatic carbocycles. The molecule has 0 aromatic heterocycles. The number of carboxylic acid groups (broad SMARTS) is 1. The number of rotatable bonds is 3. The van der Waals surface area contributed by atoms with Crippen molar-refractivity contribution in [3.05, 3.63) is 28.2 Å². The van der Waals surface area contributed by atoms with Crippen molar-refractivity contribution in [2.75, 3.05) is 11.4 Å². The van der Waals surface area contributed by atoms with Crippen LogP contribution in [0.5, 0.6) is 0 Å². The lowest BCUT2D eigenvalue weighted by atomic mass is 9.98. The molecule has 0 radical (unpaired) electrons. The zero-order chi connectivity index (χ0) is 13.1. The van der Waals surface area contributed by atoms with Crippen LogP contribution in [0.2, 0.25) is 0 Å². The van der Waals surface area contributed by atoms with Crippen LogP contribution in [0.25, 0.3) is 0 Å². The van der Waals surface area contributed by atoms with E-state index in [1.54, 1.807) is 6.07 Å². The standard InChI is InChI=1S/C14H18BrNO2/c1-2-10-6-3-4-9-16(10)12-8-5-7-11(15)13(12)14(17)18/h5,7-8,10H,2-4,6,9H2,1H3,(H,17,18). The number of piperidine rings is 1. The smallest absolute Gasteiger partial charge is 0.338 e. The molecule has 4 heteroatoms. The van der Waals surface area contributed by atoms with E-state index in [4.69, 9.17) is 0 Å². The van der Waals surface area contributed by atoms with Crippen LogP contribution in [0.3, 0.4) is 0 Å². The highest BCUT2D eigenvalue weighted by molar-refractivity contribution is 9.10. The Labute approximate surface area is 116 Å². The Bertz CT molecular complexity index is 447. The second-order valence-corrected chi connectivity index (χ2v) is 5.54. The summed E-state index contributed by atoms with van der Waals surface area (Å²) in [4.78, 5) is 13.7. The van der Waals surface area contributed by atoms with Gasteiger partial charge >= 0.3 is 5.97 Å². The lowest BCUT2D eigenvalue weighted by Gasteiger charge is -2.38. The molecular weight excluding hydrogens is 294 g/mol.